The minimum atomic E-state index is -1.19. The summed E-state index contributed by atoms with van der Waals surface area (Å²) in [6.45, 7) is 0.649. The van der Waals surface area contributed by atoms with Gasteiger partial charge in [-0.1, -0.05) is 11.6 Å². The Kier molecular flexibility index (Phi) is 5.78. The van der Waals surface area contributed by atoms with Gasteiger partial charge in [-0.05, 0) is 55.3 Å². The Morgan fingerprint density at radius 3 is 2.57 bits per heavy atom. The van der Waals surface area contributed by atoms with Crippen LogP contribution in [0.3, 0.4) is 0 Å². The Bertz CT molecular complexity index is 1480. The first-order valence-corrected chi connectivity index (χ1v) is 11.4. The summed E-state index contributed by atoms with van der Waals surface area (Å²) in [5.41, 5.74) is 5.99. The number of halogens is 2. The molecule has 1 fully saturated rings. The Balaban J connectivity index is 1.32. The van der Waals surface area contributed by atoms with Crippen LogP contribution in [-0.2, 0) is 6.54 Å². The Morgan fingerprint density at radius 1 is 1.17 bits per heavy atom. The molecule has 0 atom stereocenters. The zero-order chi connectivity index (χ0) is 24.7. The number of anilines is 1. The molecule has 3 heterocycles. The first-order chi connectivity index (χ1) is 16.7. The minimum absolute atomic E-state index is 0.0294. The average molecular weight is 497 g/mol. The molecule has 1 aliphatic heterocycles. The number of piperidine rings is 1. The highest BCUT2D eigenvalue weighted by Crippen LogP contribution is 2.27. The van der Waals surface area contributed by atoms with Gasteiger partial charge in [0.05, 0.1) is 29.6 Å². The van der Waals surface area contributed by atoms with E-state index in [-0.39, 0.29) is 42.1 Å². The minimum Gasteiger partial charge on any atom is -0.398 e. The van der Waals surface area contributed by atoms with Crippen molar-refractivity contribution in [3.63, 3.8) is 0 Å². The van der Waals surface area contributed by atoms with Crippen molar-refractivity contribution < 1.29 is 14.3 Å². The fourth-order valence-corrected chi connectivity index (χ4v) is 4.51. The molecule has 0 radical (unpaired) electrons. The molecule has 1 saturated heterocycles. The van der Waals surface area contributed by atoms with E-state index >= 15 is 0 Å². The molecule has 0 saturated carbocycles. The van der Waals surface area contributed by atoms with Crippen LogP contribution in [0, 0.1) is 5.82 Å². The largest absolute Gasteiger partial charge is 0.398 e. The van der Waals surface area contributed by atoms with E-state index in [9.17, 15) is 19.1 Å². The highest BCUT2D eigenvalue weighted by molar-refractivity contribution is 6.31. The van der Waals surface area contributed by atoms with Crippen LogP contribution in [0.1, 0.15) is 23.2 Å². The maximum Gasteiger partial charge on any atom is 0.264 e. The van der Waals surface area contributed by atoms with E-state index in [1.165, 1.54) is 40.0 Å². The summed E-state index contributed by atoms with van der Waals surface area (Å²) in [5.74, 6) is -0.604. The zero-order valence-electron chi connectivity index (χ0n) is 18.6. The average Bonchev–Trinajstić information content (AvgIpc) is 3.26. The third-order valence-electron chi connectivity index (χ3n) is 6.32. The van der Waals surface area contributed by atoms with Crippen LogP contribution in [0.15, 0.2) is 59.8 Å². The first-order valence-electron chi connectivity index (χ1n) is 11.0. The van der Waals surface area contributed by atoms with Crippen molar-refractivity contribution in [3.05, 3.63) is 81.7 Å². The topological polar surface area (TPSA) is 119 Å². The van der Waals surface area contributed by atoms with Crippen LogP contribution < -0.4 is 11.3 Å². The monoisotopic (exact) mass is 496 g/mol. The molecule has 4 aromatic rings. The molecule has 11 heteroatoms. The molecule has 1 amide bonds. The maximum absolute atomic E-state index is 13.3. The molecule has 5 rings (SSSR count). The van der Waals surface area contributed by atoms with Gasteiger partial charge < -0.3 is 15.7 Å². The molecule has 9 nitrogen and oxygen atoms in total. The molecule has 2 aromatic carbocycles. The van der Waals surface area contributed by atoms with E-state index in [2.05, 4.69) is 10.1 Å². The fourth-order valence-electron chi connectivity index (χ4n) is 4.33. The van der Waals surface area contributed by atoms with Crippen molar-refractivity contribution in [1.82, 2.24) is 24.2 Å². The van der Waals surface area contributed by atoms with E-state index in [1.807, 2.05) is 0 Å². The number of amides is 1. The summed E-state index contributed by atoms with van der Waals surface area (Å²) >= 11 is 5.92. The molecule has 180 valence electrons. The van der Waals surface area contributed by atoms with Crippen molar-refractivity contribution >= 4 is 34.2 Å². The van der Waals surface area contributed by atoms with Crippen molar-refractivity contribution in [2.75, 3.05) is 18.8 Å². The van der Waals surface area contributed by atoms with Crippen molar-refractivity contribution in [2.24, 2.45) is 0 Å². The lowest BCUT2D eigenvalue weighted by Crippen LogP contribution is -2.49. The van der Waals surface area contributed by atoms with Gasteiger partial charge in [0.15, 0.2) is 5.65 Å². The van der Waals surface area contributed by atoms with Crippen LogP contribution in [0.25, 0.3) is 16.7 Å². The third-order valence-corrected chi connectivity index (χ3v) is 6.55. The Hall–Kier alpha value is -3.76. The normalized spacial score (nSPS) is 15.5. The zero-order valence-corrected chi connectivity index (χ0v) is 19.3. The fraction of sp³-hybridized carbons (Fsp3) is 0.250. The standard InChI is InChI=1S/C24H22ClFN6O3/c25-15-1-6-18(20(27)11-15)22(33)30-9-7-24(35,8-10-30)13-31-14-28-21-19(23(31)34)12-29-32(21)17-4-2-16(26)3-5-17/h1-6,11-12,14,35H,7-10,13,27H2. The maximum atomic E-state index is 13.3. The summed E-state index contributed by atoms with van der Waals surface area (Å²) in [4.78, 5) is 31.9. The molecule has 2 aromatic heterocycles. The highest BCUT2D eigenvalue weighted by atomic mass is 35.5. The van der Waals surface area contributed by atoms with Crippen LogP contribution in [-0.4, -0.2) is 53.9 Å². The first kappa shape index (κ1) is 23.0. The number of aliphatic hydroxyl groups is 1. The number of likely N-dealkylation sites (tertiary alicyclic amines) is 1. The number of benzene rings is 2. The molecule has 0 bridgehead atoms. The van der Waals surface area contributed by atoms with Gasteiger partial charge in [-0.3, -0.25) is 14.2 Å². The van der Waals surface area contributed by atoms with Crippen LogP contribution in [0.4, 0.5) is 10.1 Å². The van der Waals surface area contributed by atoms with Gasteiger partial charge in [0, 0.05) is 23.8 Å². The van der Waals surface area contributed by atoms with Crippen molar-refractivity contribution in [2.45, 2.75) is 25.0 Å². The highest BCUT2D eigenvalue weighted by Gasteiger charge is 2.35. The van der Waals surface area contributed by atoms with Gasteiger partial charge in [-0.15, -0.1) is 0 Å². The summed E-state index contributed by atoms with van der Waals surface area (Å²) in [6, 6.07) is 10.4. The number of aromatic nitrogens is 4. The lowest BCUT2D eigenvalue weighted by atomic mass is 9.90. The van der Waals surface area contributed by atoms with Crippen LogP contribution >= 0.6 is 11.6 Å². The van der Waals surface area contributed by atoms with Crippen LogP contribution in [0.2, 0.25) is 5.02 Å². The molecule has 0 aliphatic carbocycles. The van der Waals surface area contributed by atoms with Gasteiger partial charge in [-0.2, -0.15) is 5.10 Å². The Labute approximate surface area is 204 Å². The second kappa shape index (κ2) is 8.79. The van der Waals surface area contributed by atoms with Crippen molar-refractivity contribution in [3.8, 4) is 5.69 Å². The van der Waals surface area contributed by atoms with Gasteiger partial charge in [0.1, 0.15) is 17.5 Å². The number of carbonyl (C=O) groups excluding carboxylic acids is 1. The lowest BCUT2D eigenvalue weighted by molar-refractivity contribution is -0.0299. The lowest BCUT2D eigenvalue weighted by Gasteiger charge is -2.38. The number of hydrogen-bond acceptors (Lipinski definition) is 6. The van der Waals surface area contributed by atoms with E-state index < -0.39 is 5.60 Å². The van der Waals surface area contributed by atoms with Crippen LogP contribution in [0.5, 0.6) is 0 Å². The summed E-state index contributed by atoms with van der Waals surface area (Å²) in [5, 5.41) is 16.1. The molecular formula is C24H22ClFN6O3. The third kappa shape index (κ3) is 4.38. The predicted molar refractivity (Wildman–Crippen MR) is 129 cm³/mol. The number of hydrogen-bond donors (Lipinski definition) is 2. The van der Waals surface area contributed by atoms with E-state index in [0.717, 1.165) is 0 Å². The number of nitrogens with two attached hydrogens (primary N) is 1. The summed E-state index contributed by atoms with van der Waals surface area (Å²) in [6.07, 6.45) is 3.35. The number of nitrogen functional groups attached to an aromatic ring is 1. The van der Waals surface area contributed by atoms with Gasteiger partial charge in [0.25, 0.3) is 11.5 Å². The van der Waals surface area contributed by atoms with E-state index in [1.54, 1.807) is 29.2 Å². The number of fused-ring (bicyclic) bond motifs is 1. The molecule has 35 heavy (non-hydrogen) atoms. The predicted octanol–water partition coefficient (Wildman–Crippen LogP) is 2.62. The van der Waals surface area contributed by atoms with E-state index in [4.69, 9.17) is 17.3 Å². The van der Waals surface area contributed by atoms with Crippen molar-refractivity contribution in [1.29, 1.82) is 0 Å². The SMILES string of the molecule is Nc1cc(Cl)ccc1C(=O)N1CCC(O)(Cn2cnc3c(cnn3-c3ccc(F)cc3)c2=O)CC1. The summed E-state index contributed by atoms with van der Waals surface area (Å²) < 4.78 is 16.1. The molecule has 3 N–H and O–H groups in total. The quantitative estimate of drug-likeness (QED) is 0.419. The molecule has 0 spiro atoms. The number of carbonyl (C=O) groups is 1. The molecule has 1 aliphatic rings. The van der Waals surface area contributed by atoms with Gasteiger partial charge in [-0.25, -0.2) is 14.1 Å². The van der Waals surface area contributed by atoms with E-state index in [0.29, 0.717) is 40.7 Å². The second-order valence-corrected chi connectivity index (χ2v) is 9.13. The number of rotatable bonds is 4. The molecular weight excluding hydrogens is 475 g/mol. The summed E-state index contributed by atoms with van der Waals surface area (Å²) in [7, 11) is 0. The van der Waals surface area contributed by atoms with Gasteiger partial charge in [0.2, 0.25) is 0 Å². The Morgan fingerprint density at radius 2 is 1.89 bits per heavy atom. The van der Waals surface area contributed by atoms with Gasteiger partial charge >= 0.3 is 0 Å². The smallest absolute Gasteiger partial charge is 0.264 e. The second-order valence-electron chi connectivity index (χ2n) is 8.70. The molecule has 0 unspecified atom stereocenters. The number of nitrogens with zero attached hydrogens (tertiary/aromatic N) is 5.